The largest absolute Gasteiger partial charge is 0.481 e. The van der Waals surface area contributed by atoms with Gasteiger partial charge in [0.1, 0.15) is 5.82 Å². The molecule has 0 saturated heterocycles. The van der Waals surface area contributed by atoms with E-state index in [1.165, 1.54) is 0 Å². The summed E-state index contributed by atoms with van der Waals surface area (Å²) in [7, 11) is 0. The van der Waals surface area contributed by atoms with Crippen molar-refractivity contribution in [1.29, 1.82) is 0 Å². The number of rotatable bonds is 2. The van der Waals surface area contributed by atoms with Gasteiger partial charge in [-0.3, -0.25) is 4.79 Å². The van der Waals surface area contributed by atoms with E-state index in [9.17, 15) is 9.59 Å². The lowest BCUT2D eigenvalue weighted by Crippen LogP contribution is -2.18. The van der Waals surface area contributed by atoms with E-state index in [2.05, 4.69) is 25.9 Å². The smallest absolute Gasteiger partial charge is 0.347 e. The first-order valence-corrected chi connectivity index (χ1v) is 4.06. The van der Waals surface area contributed by atoms with Crippen molar-refractivity contribution in [2.24, 2.45) is 0 Å². The SMILES string of the molecule is Nc1nc(=O)[nH]c(CC(=O)O)c1Br. The molecule has 0 saturated carbocycles. The van der Waals surface area contributed by atoms with Gasteiger partial charge in [0.05, 0.1) is 10.9 Å². The summed E-state index contributed by atoms with van der Waals surface area (Å²) in [4.78, 5) is 26.8. The number of carboxylic acids is 1. The number of hydrogen-bond acceptors (Lipinski definition) is 4. The number of nitrogens with zero attached hydrogens (tertiary/aromatic N) is 1. The Bertz CT molecular complexity index is 401. The summed E-state index contributed by atoms with van der Waals surface area (Å²) in [5.74, 6) is -1.07. The minimum atomic E-state index is -1.05. The van der Waals surface area contributed by atoms with Crippen LogP contribution in [0.25, 0.3) is 0 Å². The number of aliphatic carboxylic acids is 1. The van der Waals surface area contributed by atoms with Gasteiger partial charge in [0.2, 0.25) is 0 Å². The summed E-state index contributed by atoms with van der Waals surface area (Å²) < 4.78 is 0.314. The van der Waals surface area contributed by atoms with Crippen LogP contribution in [0, 0.1) is 0 Å². The minimum Gasteiger partial charge on any atom is -0.481 e. The van der Waals surface area contributed by atoms with Gasteiger partial charge in [-0.25, -0.2) is 4.79 Å². The predicted molar refractivity (Wildman–Crippen MR) is 48.3 cm³/mol. The normalized spacial score (nSPS) is 9.92. The second kappa shape index (κ2) is 3.56. The third kappa shape index (κ3) is 2.28. The number of aromatic nitrogens is 2. The Balaban J connectivity index is 3.20. The summed E-state index contributed by atoms with van der Waals surface area (Å²) in [5.41, 5.74) is 4.88. The third-order valence-corrected chi connectivity index (χ3v) is 2.18. The molecule has 0 aliphatic heterocycles. The molecule has 0 spiro atoms. The van der Waals surface area contributed by atoms with Crippen molar-refractivity contribution in [3.05, 3.63) is 20.7 Å². The lowest BCUT2D eigenvalue weighted by molar-refractivity contribution is -0.136. The number of H-pyrrole nitrogens is 1. The molecule has 1 aromatic heterocycles. The fraction of sp³-hybridized carbons (Fsp3) is 0.167. The number of nitrogen functional groups attached to an aromatic ring is 1. The van der Waals surface area contributed by atoms with Crippen molar-refractivity contribution in [3.8, 4) is 0 Å². The van der Waals surface area contributed by atoms with E-state index >= 15 is 0 Å². The molecule has 0 amide bonds. The van der Waals surface area contributed by atoms with Gasteiger partial charge in [-0.05, 0) is 15.9 Å². The number of hydrogen-bond donors (Lipinski definition) is 3. The molecule has 7 heteroatoms. The Morgan fingerprint density at radius 1 is 1.69 bits per heavy atom. The maximum atomic E-state index is 10.8. The van der Waals surface area contributed by atoms with Crippen molar-refractivity contribution in [2.75, 3.05) is 5.73 Å². The van der Waals surface area contributed by atoms with Crippen molar-refractivity contribution in [2.45, 2.75) is 6.42 Å². The zero-order chi connectivity index (χ0) is 10.0. The molecule has 70 valence electrons. The molecular formula is C6H6BrN3O3. The van der Waals surface area contributed by atoms with Gasteiger partial charge in [0, 0.05) is 5.69 Å². The van der Waals surface area contributed by atoms with E-state index in [-0.39, 0.29) is 17.9 Å². The maximum Gasteiger partial charge on any atom is 0.347 e. The lowest BCUT2D eigenvalue weighted by atomic mass is 10.3. The van der Waals surface area contributed by atoms with Crippen LogP contribution in [-0.4, -0.2) is 21.0 Å². The first kappa shape index (κ1) is 9.72. The second-order valence-corrected chi connectivity index (χ2v) is 3.08. The summed E-state index contributed by atoms with van der Waals surface area (Å²) >= 11 is 3.02. The zero-order valence-electron chi connectivity index (χ0n) is 6.37. The van der Waals surface area contributed by atoms with Crippen LogP contribution in [0.2, 0.25) is 0 Å². The topological polar surface area (TPSA) is 109 Å². The Labute approximate surface area is 80.9 Å². The van der Waals surface area contributed by atoms with Gasteiger partial charge >= 0.3 is 11.7 Å². The van der Waals surface area contributed by atoms with Gasteiger partial charge in [-0.2, -0.15) is 4.98 Å². The van der Waals surface area contributed by atoms with E-state index in [0.717, 1.165) is 0 Å². The summed E-state index contributed by atoms with van der Waals surface area (Å²) in [6.07, 6.45) is -0.303. The van der Waals surface area contributed by atoms with Crippen molar-refractivity contribution in [3.63, 3.8) is 0 Å². The second-order valence-electron chi connectivity index (χ2n) is 2.29. The van der Waals surface area contributed by atoms with E-state index in [1.807, 2.05) is 0 Å². The Hall–Kier alpha value is -1.37. The van der Waals surface area contributed by atoms with Gasteiger partial charge in [0.15, 0.2) is 0 Å². The van der Waals surface area contributed by atoms with Crippen LogP contribution in [0.1, 0.15) is 5.69 Å². The molecule has 4 N–H and O–H groups in total. The fourth-order valence-corrected chi connectivity index (χ4v) is 1.13. The number of halogens is 1. The minimum absolute atomic E-state index is 0.0139. The number of aromatic amines is 1. The Morgan fingerprint density at radius 2 is 2.31 bits per heavy atom. The Kier molecular flexibility index (Phi) is 2.66. The van der Waals surface area contributed by atoms with Crippen LogP contribution >= 0.6 is 15.9 Å². The standard InChI is InChI=1S/C6H6BrN3O3/c7-4-2(1-3(11)12)9-6(13)10-5(4)8/h1H2,(H,11,12)(H3,8,9,10,13). The number of carboxylic acid groups (broad SMARTS) is 1. The van der Waals surface area contributed by atoms with Gasteiger partial charge < -0.3 is 15.8 Å². The highest BCUT2D eigenvalue weighted by Gasteiger charge is 2.09. The molecule has 6 nitrogen and oxygen atoms in total. The summed E-state index contributed by atoms with van der Waals surface area (Å²) in [6, 6.07) is 0. The van der Waals surface area contributed by atoms with Crippen LogP contribution in [0.4, 0.5) is 5.82 Å². The van der Waals surface area contributed by atoms with Crippen molar-refractivity contribution >= 4 is 27.7 Å². The molecule has 1 heterocycles. The van der Waals surface area contributed by atoms with Crippen LogP contribution in [-0.2, 0) is 11.2 Å². The van der Waals surface area contributed by atoms with Gasteiger partial charge in [-0.15, -0.1) is 0 Å². The highest BCUT2D eigenvalue weighted by atomic mass is 79.9. The Morgan fingerprint density at radius 3 is 2.85 bits per heavy atom. The monoisotopic (exact) mass is 247 g/mol. The summed E-state index contributed by atoms with van der Waals surface area (Å²) in [5, 5.41) is 8.47. The first-order valence-electron chi connectivity index (χ1n) is 3.26. The fourth-order valence-electron chi connectivity index (χ4n) is 0.798. The third-order valence-electron chi connectivity index (χ3n) is 1.30. The molecule has 1 aromatic rings. The molecule has 0 aliphatic carbocycles. The number of carbonyl (C=O) groups is 1. The molecule has 0 unspecified atom stereocenters. The number of anilines is 1. The molecule has 0 radical (unpaired) electrons. The van der Waals surface area contributed by atoms with Crippen LogP contribution in [0.5, 0.6) is 0 Å². The lowest BCUT2D eigenvalue weighted by Gasteiger charge is -2.01. The molecule has 13 heavy (non-hydrogen) atoms. The average Bonchev–Trinajstić information content (AvgIpc) is 1.98. The molecule has 0 aromatic carbocycles. The van der Waals surface area contributed by atoms with E-state index < -0.39 is 11.7 Å². The van der Waals surface area contributed by atoms with Crippen LogP contribution < -0.4 is 11.4 Å². The van der Waals surface area contributed by atoms with Crippen LogP contribution in [0.15, 0.2) is 9.27 Å². The van der Waals surface area contributed by atoms with E-state index in [4.69, 9.17) is 10.8 Å². The van der Waals surface area contributed by atoms with Crippen LogP contribution in [0.3, 0.4) is 0 Å². The van der Waals surface area contributed by atoms with E-state index in [0.29, 0.717) is 4.47 Å². The predicted octanol–water partition coefficient (Wildman–Crippen LogP) is -0.258. The summed E-state index contributed by atoms with van der Waals surface area (Å²) in [6.45, 7) is 0. The van der Waals surface area contributed by atoms with Crippen molar-refractivity contribution < 1.29 is 9.90 Å². The van der Waals surface area contributed by atoms with Gasteiger partial charge in [-0.1, -0.05) is 0 Å². The number of nitrogens with one attached hydrogen (secondary N) is 1. The number of nitrogens with two attached hydrogens (primary N) is 1. The van der Waals surface area contributed by atoms with E-state index in [1.54, 1.807) is 0 Å². The molecule has 0 bridgehead atoms. The highest BCUT2D eigenvalue weighted by Crippen LogP contribution is 2.18. The molecule has 0 fully saturated rings. The van der Waals surface area contributed by atoms with Gasteiger partial charge in [0.25, 0.3) is 0 Å². The molecule has 0 aliphatic rings. The molecule has 0 atom stereocenters. The zero-order valence-corrected chi connectivity index (χ0v) is 7.96. The van der Waals surface area contributed by atoms with Crippen molar-refractivity contribution in [1.82, 2.24) is 9.97 Å². The maximum absolute atomic E-state index is 10.8. The highest BCUT2D eigenvalue weighted by molar-refractivity contribution is 9.10. The quantitative estimate of drug-likeness (QED) is 0.668. The molecular weight excluding hydrogens is 242 g/mol. The first-order chi connectivity index (χ1) is 6.00. The molecule has 1 rings (SSSR count). The average molecular weight is 248 g/mol.